The number of nitrogens with zero attached hydrogens (tertiary/aromatic N) is 4. The normalized spacial score (nSPS) is 23.8. The lowest BCUT2D eigenvalue weighted by Gasteiger charge is -2.34. The van der Waals surface area contributed by atoms with E-state index in [1.54, 1.807) is 0 Å². The van der Waals surface area contributed by atoms with Crippen LogP contribution >= 0.6 is 0 Å². The Morgan fingerprint density at radius 3 is 2.55 bits per heavy atom. The second kappa shape index (κ2) is 6.25. The van der Waals surface area contributed by atoms with Gasteiger partial charge < -0.3 is 4.57 Å². The highest BCUT2D eigenvalue weighted by Gasteiger charge is 2.31. The van der Waals surface area contributed by atoms with Crippen LogP contribution in [0.25, 0.3) is 0 Å². The van der Waals surface area contributed by atoms with Gasteiger partial charge in [0.05, 0.1) is 11.8 Å². The van der Waals surface area contributed by atoms with Crippen LogP contribution in [-0.4, -0.2) is 46.9 Å². The summed E-state index contributed by atoms with van der Waals surface area (Å²) >= 11 is 0. The summed E-state index contributed by atoms with van der Waals surface area (Å²) in [6, 6.07) is 0.178. The minimum Gasteiger partial charge on any atom is -0.312 e. The maximum atomic E-state index is 11.0. The van der Waals surface area contributed by atoms with Crippen molar-refractivity contribution in [2.45, 2.75) is 57.5 Å². The zero-order chi connectivity index (χ0) is 15.7. The maximum Gasteiger partial charge on any atom is 0.209 e. The van der Waals surface area contributed by atoms with Crippen LogP contribution in [0.3, 0.4) is 0 Å². The predicted octanol–water partition coefficient (Wildman–Crippen LogP) is 0.991. The standard InChI is InChI=1S/C14H25N5O2S/c1-11-13-16-17-14(12-5-2-3-6-12)19(13)9-8-18(11)7-4-10-22(15,20)21/h11-12H,2-10H2,1H3,(H2,15,20,21). The molecule has 1 saturated carbocycles. The molecule has 1 atom stereocenters. The first-order valence-corrected chi connectivity index (χ1v) is 9.85. The van der Waals surface area contributed by atoms with E-state index in [9.17, 15) is 8.42 Å². The Kier molecular flexibility index (Phi) is 4.52. The molecule has 22 heavy (non-hydrogen) atoms. The molecule has 0 bridgehead atoms. The topological polar surface area (TPSA) is 94.1 Å². The number of fused-ring (bicyclic) bond motifs is 1. The lowest BCUT2D eigenvalue weighted by Crippen LogP contribution is -2.39. The van der Waals surface area contributed by atoms with Crippen LogP contribution in [0, 0.1) is 0 Å². The smallest absolute Gasteiger partial charge is 0.209 e. The van der Waals surface area contributed by atoms with E-state index in [1.165, 1.54) is 25.7 Å². The van der Waals surface area contributed by atoms with Gasteiger partial charge in [0.2, 0.25) is 10.0 Å². The first kappa shape index (κ1) is 15.9. The first-order chi connectivity index (χ1) is 10.5. The third-order valence-corrected chi connectivity index (χ3v) is 5.79. The lowest BCUT2D eigenvalue weighted by molar-refractivity contribution is 0.163. The molecule has 8 heteroatoms. The second-order valence-electron chi connectivity index (χ2n) is 6.48. The first-order valence-electron chi connectivity index (χ1n) is 8.13. The Labute approximate surface area is 131 Å². The summed E-state index contributed by atoms with van der Waals surface area (Å²) in [5, 5.41) is 13.9. The molecule has 2 N–H and O–H groups in total. The molecule has 1 aromatic rings. The quantitative estimate of drug-likeness (QED) is 0.870. The van der Waals surface area contributed by atoms with Crippen LogP contribution in [0.2, 0.25) is 0 Å². The van der Waals surface area contributed by atoms with Gasteiger partial charge in [0.25, 0.3) is 0 Å². The Bertz CT molecular complexity index is 621. The van der Waals surface area contributed by atoms with Gasteiger partial charge in [0.1, 0.15) is 11.6 Å². The fourth-order valence-corrected chi connectivity index (χ4v) is 4.24. The molecule has 1 aromatic heterocycles. The number of aromatic nitrogens is 3. The number of hydrogen-bond acceptors (Lipinski definition) is 5. The maximum absolute atomic E-state index is 11.0. The van der Waals surface area contributed by atoms with Gasteiger partial charge in [0.15, 0.2) is 0 Å². The van der Waals surface area contributed by atoms with Crippen LogP contribution < -0.4 is 5.14 Å². The highest BCUT2D eigenvalue weighted by Crippen LogP contribution is 2.35. The summed E-state index contributed by atoms with van der Waals surface area (Å²) in [6.07, 6.45) is 5.60. The van der Waals surface area contributed by atoms with E-state index in [0.29, 0.717) is 12.3 Å². The molecular weight excluding hydrogens is 302 g/mol. The van der Waals surface area contributed by atoms with Crippen molar-refractivity contribution in [2.75, 3.05) is 18.8 Å². The van der Waals surface area contributed by atoms with Gasteiger partial charge in [-0.05, 0) is 32.7 Å². The molecular formula is C14H25N5O2S. The summed E-state index contributed by atoms with van der Waals surface area (Å²) in [7, 11) is -3.37. The van der Waals surface area contributed by atoms with Crippen molar-refractivity contribution in [2.24, 2.45) is 5.14 Å². The van der Waals surface area contributed by atoms with Crippen molar-refractivity contribution < 1.29 is 8.42 Å². The van der Waals surface area contributed by atoms with Crippen molar-refractivity contribution in [3.63, 3.8) is 0 Å². The Hall–Kier alpha value is -0.990. The molecule has 0 aromatic carbocycles. The van der Waals surface area contributed by atoms with E-state index in [0.717, 1.165) is 31.3 Å². The fourth-order valence-electron chi connectivity index (χ4n) is 3.71. The van der Waals surface area contributed by atoms with Gasteiger partial charge in [-0.3, -0.25) is 4.90 Å². The molecule has 0 radical (unpaired) electrons. The van der Waals surface area contributed by atoms with E-state index < -0.39 is 10.0 Å². The van der Waals surface area contributed by atoms with Crippen LogP contribution in [-0.2, 0) is 16.6 Å². The third-order valence-electron chi connectivity index (χ3n) is 4.93. The molecule has 7 nitrogen and oxygen atoms in total. The van der Waals surface area contributed by atoms with Crippen molar-refractivity contribution in [1.82, 2.24) is 19.7 Å². The molecule has 1 fully saturated rings. The highest BCUT2D eigenvalue weighted by atomic mass is 32.2. The average molecular weight is 327 g/mol. The third kappa shape index (κ3) is 3.33. The number of sulfonamides is 1. The molecule has 1 aliphatic carbocycles. The van der Waals surface area contributed by atoms with Gasteiger partial charge in [0, 0.05) is 19.0 Å². The van der Waals surface area contributed by atoms with Crippen molar-refractivity contribution in [1.29, 1.82) is 0 Å². The molecule has 0 saturated heterocycles. The van der Waals surface area contributed by atoms with Gasteiger partial charge in [-0.1, -0.05) is 12.8 Å². The van der Waals surface area contributed by atoms with Gasteiger partial charge >= 0.3 is 0 Å². The predicted molar refractivity (Wildman–Crippen MR) is 83.8 cm³/mol. The number of rotatable bonds is 5. The van der Waals surface area contributed by atoms with Crippen molar-refractivity contribution in [3.05, 3.63) is 11.6 Å². The fraction of sp³-hybridized carbons (Fsp3) is 0.857. The zero-order valence-electron chi connectivity index (χ0n) is 13.1. The largest absolute Gasteiger partial charge is 0.312 e. The summed E-state index contributed by atoms with van der Waals surface area (Å²) in [5.41, 5.74) is 0. The van der Waals surface area contributed by atoms with E-state index in [2.05, 4.69) is 26.6 Å². The summed E-state index contributed by atoms with van der Waals surface area (Å²) in [5.74, 6) is 2.78. The zero-order valence-corrected chi connectivity index (χ0v) is 13.9. The Balaban J connectivity index is 1.66. The van der Waals surface area contributed by atoms with Gasteiger partial charge in [-0.15, -0.1) is 10.2 Å². The number of primary sulfonamides is 1. The van der Waals surface area contributed by atoms with Crippen LogP contribution in [0.15, 0.2) is 0 Å². The number of nitrogens with two attached hydrogens (primary N) is 1. The molecule has 0 amide bonds. The SMILES string of the molecule is CC1c2nnc(C3CCCC3)n2CCN1CCCS(N)(=O)=O. The van der Waals surface area contributed by atoms with E-state index in [-0.39, 0.29) is 11.8 Å². The van der Waals surface area contributed by atoms with E-state index >= 15 is 0 Å². The van der Waals surface area contributed by atoms with E-state index in [1.807, 2.05) is 0 Å². The van der Waals surface area contributed by atoms with Crippen LogP contribution in [0.4, 0.5) is 0 Å². The minimum absolute atomic E-state index is 0.0379. The van der Waals surface area contributed by atoms with Crippen LogP contribution in [0.1, 0.15) is 62.6 Å². The van der Waals surface area contributed by atoms with Crippen molar-refractivity contribution in [3.8, 4) is 0 Å². The molecule has 1 unspecified atom stereocenters. The molecule has 2 heterocycles. The molecule has 3 rings (SSSR count). The molecule has 2 aliphatic rings. The van der Waals surface area contributed by atoms with Crippen LogP contribution in [0.5, 0.6) is 0 Å². The minimum atomic E-state index is -3.37. The van der Waals surface area contributed by atoms with Gasteiger partial charge in [-0.2, -0.15) is 0 Å². The molecule has 0 spiro atoms. The highest BCUT2D eigenvalue weighted by molar-refractivity contribution is 7.89. The lowest BCUT2D eigenvalue weighted by atomic mass is 10.1. The Morgan fingerprint density at radius 2 is 1.86 bits per heavy atom. The number of hydrogen-bond donors (Lipinski definition) is 1. The average Bonchev–Trinajstić information content (AvgIpc) is 3.08. The summed E-state index contributed by atoms with van der Waals surface area (Å²) in [6.45, 7) is 4.66. The van der Waals surface area contributed by atoms with Gasteiger partial charge in [-0.25, -0.2) is 13.6 Å². The van der Waals surface area contributed by atoms with Crippen molar-refractivity contribution >= 4 is 10.0 Å². The molecule has 124 valence electrons. The van der Waals surface area contributed by atoms with E-state index in [4.69, 9.17) is 5.14 Å². The summed E-state index contributed by atoms with van der Waals surface area (Å²) < 4.78 is 24.4. The molecule has 1 aliphatic heterocycles. The summed E-state index contributed by atoms with van der Waals surface area (Å²) in [4.78, 5) is 2.27. The monoisotopic (exact) mass is 327 g/mol. The second-order valence-corrected chi connectivity index (χ2v) is 8.22. The Morgan fingerprint density at radius 1 is 1.18 bits per heavy atom.